The van der Waals surface area contributed by atoms with Crippen LogP contribution in [0.4, 0.5) is 0 Å². The summed E-state index contributed by atoms with van der Waals surface area (Å²) in [6.45, 7) is 4.00. The number of nitrogens with two attached hydrogens (primary N) is 1. The van der Waals surface area contributed by atoms with Gasteiger partial charge in [0.25, 0.3) is 0 Å². The first-order valence-electron chi connectivity index (χ1n) is 8.48. The summed E-state index contributed by atoms with van der Waals surface area (Å²) in [6, 6.07) is 7.37. The third-order valence-electron chi connectivity index (χ3n) is 4.48. The number of fused-ring (bicyclic) bond motifs is 1. The van der Waals surface area contributed by atoms with Crippen LogP contribution in [-0.2, 0) is 0 Å². The van der Waals surface area contributed by atoms with Gasteiger partial charge in [0.1, 0.15) is 17.4 Å². The van der Waals surface area contributed by atoms with Crippen molar-refractivity contribution in [3.05, 3.63) is 55.1 Å². The molecule has 132 valence electrons. The van der Waals surface area contributed by atoms with Crippen LogP contribution < -0.4 is 11.1 Å². The molecule has 6 heteroatoms. The van der Waals surface area contributed by atoms with Crippen molar-refractivity contribution in [1.82, 2.24) is 9.88 Å². The highest BCUT2D eigenvalue weighted by molar-refractivity contribution is 6.02. The quantitative estimate of drug-likeness (QED) is 0.508. The Morgan fingerprint density at radius 2 is 2.04 bits per heavy atom. The predicted molar refractivity (Wildman–Crippen MR) is 100 cm³/mol. The Kier molecular flexibility index (Phi) is 5.09. The lowest BCUT2D eigenvalue weighted by Gasteiger charge is -2.26. The summed E-state index contributed by atoms with van der Waals surface area (Å²) in [5.41, 5.74) is 6.51. The molecule has 0 amide bonds. The highest BCUT2D eigenvalue weighted by atomic mass is 16.3. The summed E-state index contributed by atoms with van der Waals surface area (Å²) in [6.07, 6.45) is 8.26. The van der Waals surface area contributed by atoms with E-state index in [0.29, 0.717) is 11.7 Å². The molecule has 5 N–H and O–H groups in total. The van der Waals surface area contributed by atoms with Crippen LogP contribution >= 0.6 is 0 Å². The molecule has 1 aromatic carbocycles. The molecule has 2 aromatic rings. The Morgan fingerprint density at radius 3 is 2.76 bits per heavy atom. The van der Waals surface area contributed by atoms with Crippen LogP contribution in [0, 0.1) is 0 Å². The van der Waals surface area contributed by atoms with Gasteiger partial charge in [-0.1, -0.05) is 6.58 Å². The second kappa shape index (κ2) is 7.44. The summed E-state index contributed by atoms with van der Waals surface area (Å²) < 4.78 is 1.90. The zero-order valence-electron chi connectivity index (χ0n) is 14.1. The number of aromatic hydroxyl groups is 1. The van der Waals surface area contributed by atoms with Crippen molar-refractivity contribution in [2.75, 3.05) is 0 Å². The normalized spacial score (nSPS) is 21.7. The molecule has 1 aromatic heterocycles. The topological polar surface area (TPSA) is 95.8 Å². The van der Waals surface area contributed by atoms with E-state index in [1.165, 1.54) is 6.20 Å². The number of nitrogens with one attached hydrogen (secondary N) is 1. The number of aliphatic hydroxyl groups is 1. The Morgan fingerprint density at radius 1 is 1.28 bits per heavy atom. The van der Waals surface area contributed by atoms with Crippen molar-refractivity contribution >= 4 is 16.7 Å². The minimum atomic E-state index is -0.187. The van der Waals surface area contributed by atoms with Gasteiger partial charge >= 0.3 is 0 Å². The molecule has 0 bridgehead atoms. The standard InChI is InChI=1S/C19H24N4O2/c1-13(21-15-2-4-16(24)5-3-15)22-19(8-10-20)23-11-9-14-12-17(25)6-7-18(14)23/h6-12,15-16,21,24-25H,1-5,20H2/b10-8-,22-19+/t15-,16-. The van der Waals surface area contributed by atoms with Gasteiger partial charge in [-0.3, -0.25) is 0 Å². The molecule has 1 heterocycles. The van der Waals surface area contributed by atoms with Gasteiger partial charge < -0.3 is 25.8 Å². The first-order valence-corrected chi connectivity index (χ1v) is 8.48. The van der Waals surface area contributed by atoms with E-state index < -0.39 is 0 Å². The first kappa shape index (κ1) is 17.1. The van der Waals surface area contributed by atoms with Crippen LogP contribution in [0.25, 0.3) is 10.9 Å². The predicted octanol–water partition coefficient (Wildman–Crippen LogP) is 2.43. The van der Waals surface area contributed by atoms with E-state index in [2.05, 4.69) is 16.9 Å². The second-order valence-electron chi connectivity index (χ2n) is 6.35. The van der Waals surface area contributed by atoms with E-state index >= 15 is 0 Å². The molecule has 25 heavy (non-hydrogen) atoms. The summed E-state index contributed by atoms with van der Waals surface area (Å²) in [5, 5.41) is 23.5. The fraction of sp³-hybridized carbons (Fsp3) is 0.316. The number of hydrogen-bond donors (Lipinski definition) is 4. The molecular formula is C19H24N4O2. The number of nitrogens with zero attached hydrogens (tertiary/aromatic N) is 2. The maximum absolute atomic E-state index is 9.61. The number of aromatic nitrogens is 1. The molecule has 6 nitrogen and oxygen atoms in total. The molecule has 0 aliphatic heterocycles. The van der Waals surface area contributed by atoms with Gasteiger partial charge in [0, 0.05) is 17.6 Å². The lowest BCUT2D eigenvalue weighted by atomic mass is 9.93. The third kappa shape index (κ3) is 4.03. The number of rotatable bonds is 4. The average Bonchev–Trinajstić information content (AvgIpc) is 2.99. The van der Waals surface area contributed by atoms with Gasteiger partial charge in [-0.2, -0.15) is 0 Å². The van der Waals surface area contributed by atoms with Gasteiger partial charge in [-0.15, -0.1) is 0 Å². The minimum absolute atomic E-state index is 0.187. The molecule has 0 atom stereocenters. The molecule has 0 unspecified atom stereocenters. The minimum Gasteiger partial charge on any atom is -0.508 e. The first-order chi connectivity index (χ1) is 12.1. The van der Waals surface area contributed by atoms with Gasteiger partial charge in [-0.25, -0.2) is 4.99 Å². The van der Waals surface area contributed by atoms with Gasteiger partial charge in [0.15, 0.2) is 0 Å². The Balaban J connectivity index is 1.82. The SMILES string of the molecule is C=C(/N=C(\C=C/N)n1ccc2cc(O)ccc21)N[C@H]1CC[C@H](O)CC1. The number of aliphatic hydroxyl groups excluding tert-OH is 1. The van der Waals surface area contributed by atoms with E-state index in [1.807, 2.05) is 22.9 Å². The fourth-order valence-corrected chi connectivity index (χ4v) is 3.21. The number of benzene rings is 1. The van der Waals surface area contributed by atoms with Crippen molar-refractivity contribution in [1.29, 1.82) is 0 Å². The van der Waals surface area contributed by atoms with Crippen LogP contribution in [0.5, 0.6) is 5.75 Å². The molecule has 0 radical (unpaired) electrons. The van der Waals surface area contributed by atoms with Crippen molar-refractivity contribution in [3.8, 4) is 5.75 Å². The highest BCUT2D eigenvalue weighted by Crippen LogP contribution is 2.22. The van der Waals surface area contributed by atoms with Crippen LogP contribution in [0.1, 0.15) is 25.7 Å². The maximum Gasteiger partial charge on any atom is 0.140 e. The van der Waals surface area contributed by atoms with E-state index in [4.69, 9.17) is 5.73 Å². The van der Waals surface area contributed by atoms with Crippen molar-refractivity contribution in [2.45, 2.75) is 37.8 Å². The highest BCUT2D eigenvalue weighted by Gasteiger charge is 2.19. The van der Waals surface area contributed by atoms with Gasteiger partial charge in [-0.05, 0) is 62.2 Å². The molecular weight excluding hydrogens is 316 g/mol. The maximum atomic E-state index is 9.61. The van der Waals surface area contributed by atoms with E-state index in [1.54, 1.807) is 18.2 Å². The van der Waals surface area contributed by atoms with E-state index in [-0.39, 0.29) is 17.9 Å². The number of aliphatic imine (C=N–C) groups is 1. The van der Waals surface area contributed by atoms with Crippen molar-refractivity contribution < 1.29 is 10.2 Å². The Labute approximate surface area is 147 Å². The largest absolute Gasteiger partial charge is 0.508 e. The summed E-state index contributed by atoms with van der Waals surface area (Å²) >= 11 is 0. The summed E-state index contributed by atoms with van der Waals surface area (Å²) in [7, 11) is 0. The number of hydrogen-bond acceptors (Lipinski definition) is 5. The molecule has 1 aliphatic carbocycles. The smallest absolute Gasteiger partial charge is 0.140 e. The van der Waals surface area contributed by atoms with Crippen LogP contribution in [-0.4, -0.2) is 32.8 Å². The zero-order chi connectivity index (χ0) is 17.8. The third-order valence-corrected chi connectivity index (χ3v) is 4.48. The molecule has 3 rings (SSSR count). The molecule has 0 spiro atoms. The fourth-order valence-electron chi connectivity index (χ4n) is 3.21. The Hall–Kier alpha value is -2.73. The lowest BCUT2D eigenvalue weighted by molar-refractivity contribution is 0.118. The van der Waals surface area contributed by atoms with Crippen molar-refractivity contribution in [3.63, 3.8) is 0 Å². The zero-order valence-corrected chi connectivity index (χ0v) is 14.1. The number of phenolic OH excluding ortho intramolecular Hbond substituents is 1. The summed E-state index contributed by atoms with van der Waals surface area (Å²) in [5.74, 6) is 1.43. The lowest BCUT2D eigenvalue weighted by Crippen LogP contribution is -2.33. The number of allylic oxidation sites excluding steroid dienone is 1. The monoisotopic (exact) mass is 340 g/mol. The molecule has 1 fully saturated rings. The molecule has 1 aliphatic rings. The molecule has 1 saturated carbocycles. The second-order valence-corrected chi connectivity index (χ2v) is 6.35. The van der Waals surface area contributed by atoms with E-state index in [0.717, 1.165) is 36.6 Å². The number of phenols is 1. The van der Waals surface area contributed by atoms with E-state index in [9.17, 15) is 10.2 Å². The van der Waals surface area contributed by atoms with Gasteiger partial charge in [0.2, 0.25) is 0 Å². The van der Waals surface area contributed by atoms with Crippen molar-refractivity contribution in [2.24, 2.45) is 10.7 Å². The van der Waals surface area contributed by atoms with Crippen LogP contribution in [0.2, 0.25) is 0 Å². The summed E-state index contributed by atoms with van der Waals surface area (Å²) in [4.78, 5) is 4.58. The Bertz CT molecular complexity index is 814. The van der Waals surface area contributed by atoms with Crippen LogP contribution in [0.15, 0.2) is 60.1 Å². The average molecular weight is 340 g/mol. The van der Waals surface area contributed by atoms with Crippen LogP contribution in [0.3, 0.4) is 0 Å². The molecule has 0 saturated heterocycles. The van der Waals surface area contributed by atoms with Gasteiger partial charge in [0.05, 0.1) is 11.6 Å².